The van der Waals surface area contributed by atoms with Gasteiger partial charge < -0.3 is 4.74 Å². The SMILES string of the molecule is C[C@]12CCCC[C@]13C=C[C@@]2(c1ccccc1)[C@]1(CC(=O)OC1=O)C3. The summed E-state index contributed by atoms with van der Waals surface area (Å²) in [7, 11) is 0. The predicted molar refractivity (Wildman–Crippen MR) is 89.0 cm³/mol. The number of cyclic esters (lactones) is 2. The van der Waals surface area contributed by atoms with Gasteiger partial charge in [-0.1, -0.05) is 62.2 Å². The van der Waals surface area contributed by atoms with Crippen molar-refractivity contribution in [2.24, 2.45) is 16.2 Å². The third-order valence-electron chi connectivity index (χ3n) is 7.82. The largest absolute Gasteiger partial charge is 0.393 e. The molecule has 4 aliphatic rings. The fourth-order valence-corrected chi connectivity index (χ4v) is 6.86. The molecule has 3 nitrogen and oxygen atoms in total. The smallest absolute Gasteiger partial charge is 0.321 e. The van der Waals surface area contributed by atoms with Crippen LogP contribution in [0.1, 0.15) is 51.0 Å². The highest BCUT2D eigenvalue weighted by atomic mass is 16.6. The Morgan fingerprint density at radius 2 is 1.75 bits per heavy atom. The van der Waals surface area contributed by atoms with Gasteiger partial charge in [0.05, 0.1) is 11.8 Å². The van der Waals surface area contributed by atoms with E-state index in [1.807, 2.05) is 18.2 Å². The second-order valence-corrected chi connectivity index (χ2v) is 8.40. The molecule has 1 heterocycles. The van der Waals surface area contributed by atoms with Crippen LogP contribution in [0.3, 0.4) is 0 Å². The number of rotatable bonds is 1. The molecular weight excluding hydrogens is 300 g/mol. The summed E-state index contributed by atoms with van der Waals surface area (Å²) in [5.74, 6) is -0.649. The fourth-order valence-electron chi connectivity index (χ4n) is 6.86. The number of carbonyl (C=O) groups is 2. The summed E-state index contributed by atoms with van der Waals surface area (Å²) in [6.07, 6.45) is 10.2. The molecule has 3 fully saturated rings. The summed E-state index contributed by atoms with van der Waals surface area (Å²) in [5, 5.41) is 0. The van der Waals surface area contributed by atoms with E-state index in [0.717, 1.165) is 24.8 Å². The minimum absolute atomic E-state index is 0.0186. The Morgan fingerprint density at radius 1 is 1.00 bits per heavy atom. The van der Waals surface area contributed by atoms with Gasteiger partial charge in [-0.25, -0.2) is 0 Å². The van der Waals surface area contributed by atoms with E-state index in [1.165, 1.54) is 12.8 Å². The van der Waals surface area contributed by atoms with Crippen LogP contribution in [0.15, 0.2) is 42.5 Å². The van der Waals surface area contributed by atoms with Gasteiger partial charge in [0.1, 0.15) is 0 Å². The predicted octanol–water partition coefficient (Wildman–Crippen LogP) is 3.92. The van der Waals surface area contributed by atoms with E-state index in [-0.39, 0.29) is 29.2 Å². The highest BCUT2D eigenvalue weighted by Crippen LogP contribution is 2.81. The molecule has 3 heteroatoms. The Kier molecular flexibility index (Phi) is 2.52. The van der Waals surface area contributed by atoms with Crippen LogP contribution in [-0.4, -0.2) is 11.9 Å². The summed E-state index contributed by atoms with van der Waals surface area (Å²) in [5.41, 5.74) is 0.00900. The minimum atomic E-state index is -0.723. The van der Waals surface area contributed by atoms with Crippen molar-refractivity contribution in [3.63, 3.8) is 0 Å². The molecule has 4 atom stereocenters. The molecule has 124 valence electrons. The third kappa shape index (κ3) is 1.27. The zero-order valence-electron chi connectivity index (χ0n) is 14.0. The molecule has 5 rings (SSSR count). The van der Waals surface area contributed by atoms with Crippen LogP contribution in [-0.2, 0) is 19.7 Å². The molecule has 0 aromatic heterocycles. The van der Waals surface area contributed by atoms with E-state index < -0.39 is 10.8 Å². The second-order valence-electron chi connectivity index (χ2n) is 8.40. The molecule has 1 aromatic carbocycles. The van der Waals surface area contributed by atoms with Crippen molar-refractivity contribution in [3.8, 4) is 0 Å². The average Bonchev–Trinajstić information content (AvgIpc) is 3.08. The molecule has 2 bridgehead atoms. The second kappa shape index (κ2) is 4.19. The fraction of sp³-hybridized carbons (Fsp3) is 0.524. The molecule has 1 aromatic rings. The van der Waals surface area contributed by atoms with E-state index in [2.05, 4.69) is 31.2 Å². The lowest BCUT2D eigenvalue weighted by Gasteiger charge is -2.51. The Balaban J connectivity index is 1.84. The normalized spacial score (nSPS) is 45.7. The van der Waals surface area contributed by atoms with Crippen LogP contribution in [0, 0.1) is 16.2 Å². The molecule has 0 N–H and O–H groups in total. The zero-order chi connectivity index (χ0) is 16.6. The molecule has 1 saturated heterocycles. The van der Waals surface area contributed by atoms with Crippen LogP contribution in [0.4, 0.5) is 0 Å². The lowest BCUT2D eigenvalue weighted by molar-refractivity contribution is -0.156. The standard InChI is InChI=1S/C21H22O3/c1-18-9-5-6-10-19(18)11-12-21(18,15-7-3-2-4-8-15)20(14-19)13-16(22)24-17(20)23/h2-4,7-8,11-12H,5-6,9-10,13-14H2,1H3/t18-,19+,20+,21-/m0/s1. The Labute approximate surface area is 142 Å². The molecule has 1 spiro atoms. The van der Waals surface area contributed by atoms with Gasteiger partial charge in [0.15, 0.2) is 0 Å². The van der Waals surface area contributed by atoms with Gasteiger partial charge in [0.25, 0.3) is 0 Å². The number of ether oxygens (including phenoxy) is 1. The minimum Gasteiger partial charge on any atom is -0.393 e. The topological polar surface area (TPSA) is 43.4 Å². The van der Waals surface area contributed by atoms with E-state index in [1.54, 1.807) is 0 Å². The number of esters is 2. The number of benzene rings is 1. The van der Waals surface area contributed by atoms with Crippen LogP contribution >= 0.6 is 0 Å². The molecule has 24 heavy (non-hydrogen) atoms. The molecule has 0 unspecified atom stereocenters. The first-order chi connectivity index (χ1) is 11.5. The number of hydrogen-bond acceptors (Lipinski definition) is 3. The summed E-state index contributed by atoms with van der Waals surface area (Å²) < 4.78 is 5.13. The molecular formula is C21H22O3. The highest BCUT2D eigenvalue weighted by Gasteiger charge is 2.81. The number of hydrogen-bond donors (Lipinski definition) is 0. The monoisotopic (exact) mass is 322 g/mol. The summed E-state index contributed by atoms with van der Waals surface area (Å²) in [4.78, 5) is 25.1. The molecule has 0 radical (unpaired) electrons. The molecule has 0 amide bonds. The van der Waals surface area contributed by atoms with Gasteiger partial charge >= 0.3 is 11.9 Å². The van der Waals surface area contributed by atoms with Gasteiger partial charge in [-0.05, 0) is 35.7 Å². The van der Waals surface area contributed by atoms with Gasteiger partial charge in [0, 0.05) is 5.41 Å². The molecule has 2 saturated carbocycles. The first kappa shape index (κ1) is 14.4. The van der Waals surface area contributed by atoms with Crippen LogP contribution in [0.5, 0.6) is 0 Å². The van der Waals surface area contributed by atoms with E-state index in [0.29, 0.717) is 0 Å². The van der Waals surface area contributed by atoms with Gasteiger partial charge in [0.2, 0.25) is 0 Å². The summed E-state index contributed by atoms with van der Waals surface area (Å²) in [6, 6.07) is 10.3. The summed E-state index contributed by atoms with van der Waals surface area (Å²) in [6.45, 7) is 2.35. The van der Waals surface area contributed by atoms with Crippen molar-refractivity contribution in [2.75, 3.05) is 0 Å². The van der Waals surface area contributed by atoms with Gasteiger partial charge in [-0.15, -0.1) is 0 Å². The molecule has 1 aliphatic heterocycles. The van der Waals surface area contributed by atoms with Gasteiger partial charge in [-0.2, -0.15) is 0 Å². The first-order valence-electron chi connectivity index (χ1n) is 9.01. The van der Waals surface area contributed by atoms with Crippen LogP contribution in [0.25, 0.3) is 0 Å². The Hall–Kier alpha value is -1.90. The van der Waals surface area contributed by atoms with Crippen molar-refractivity contribution >= 4 is 11.9 Å². The van der Waals surface area contributed by atoms with Crippen molar-refractivity contribution < 1.29 is 14.3 Å². The van der Waals surface area contributed by atoms with Crippen LogP contribution in [0.2, 0.25) is 0 Å². The highest BCUT2D eigenvalue weighted by molar-refractivity contribution is 6.00. The van der Waals surface area contributed by atoms with Crippen LogP contribution < -0.4 is 0 Å². The lowest BCUT2D eigenvalue weighted by atomic mass is 9.50. The van der Waals surface area contributed by atoms with E-state index >= 15 is 0 Å². The first-order valence-corrected chi connectivity index (χ1v) is 9.01. The number of fused-ring (bicyclic) bond motifs is 1. The molecule has 3 aliphatic carbocycles. The van der Waals surface area contributed by atoms with Crippen molar-refractivity contribution in [3.05, 3.63) is 48.0 Å². The van der Waals surface area contributed by atoms with Crippen molar-refractivity contribution in [1.29, 1.82) is 0 Å². The van der Waals surface area contributed by atoms with Gasteiger partial charge in [-0.3, -0.25) is 9.59 Å². The maximum atomic E-state index is 13.0. The van der Waals surface area contributed by atoms with Crippen molar-refractivity contribution in [2.45, 2.75) is 50.9 Å². The van der Waals surface area contributed by atoms with Crippen molar-refractivity contribution in [1.82, 2.24) is 0 Å². The quantitative estimate of drug-likeness (QED) is 0.447. The number of allylic oxidation sites excluding steroid dienone is 2. The lowest BCUT2D eigenvalue weighted by Crippen LogP contribution is -2.51. The van der Waals surface area contributed by atoms with E-state index in [4.69, 9.17) is 4.74 Å². The Morgan fingerprint density at radius 3 is 2.46 bits per heavy atom. The maximum Gasteiger partial charge on any atom is 0.321 e. The summed E-state index contributed by atoms with van der Waals surface area (Å²) >= 11 is 0. The number of carbonyl (C=O) groups excluding carboxylic acids is 2. The zero-order valence-corrected chi connectivity index (χ0v) is 14.0. The third-order valence-corrected chi connectivity index (χ3v) is 7.82. The maximum absolute atomic E-state index is 13.0. The Bertz CT molecular complexity index is 782. The average molecular weight is 322 g/mol. The van der Waals surface area contributed by atoms with E-state index in [9.17, 15) is 9.59 Å².